The SMILES string of the molecule is [B]c1cc(CBr)nc(CBr)c1. The average Bonchev–Trinajstić information content (AvgIpc) is 2.03. The molecule has 56 valence electrons. The molecule has 0 aromatic carbocycles. The predicted molar refractivity (Wildman–Crippen MR) is 54.9 cm³/mol. The van der Waals surface area contributed by atoms with Crippen LogP contribution in [0.5, 0.6) is 0 Å². The first-order valence-corrected chi connectivity index (χ1v) is 5.38. The van der Waals surface area contributed by atoms with E-state index in [0.29, 0.717) is 0 Å². The number of rotatable bonds is 2. The minimum absolute atomic E-state index is 0.748. The van der Waals surface area contributed by atoms with Crippen LogP contribution in [0.4, 0.5) is 0 Å². The van der Waals surface area contributed by atoms with E-state index in [0.717, 1.165) is 27.5 Å². The molecule has 0 spiro atoms. The lowest BCUT2D eigenvalue weighted by Crippen LogP contribution is -2.07. The van der Waals surface area contributed by atoms with E-state index < -0.39 is 0 Å². The van der Waals surface area contributed by atoms with Crippen LogP contribution in [0.2, 0.25) is 0 Å². The first-order valence-electron chi connectivity index (χ1n) is 3.13. The number of nitrogens with zero attached hydrogens (tertiary/aromatic N) is 1. The Labute approximate surface area is 84.3 Å². The van der Waals surface area contributed by atoms with Crippen molar-refractivity contribution in [3.05, 3.63) is 23.5 Å². The summed E-state index contributed by atoms with van der Waals surface area (Å²) in [5.41, 5.74) is 2.71. The second-order valence-electron chi connectivity index (χ2n) is 2.15. The van der Waals surface area contributed by atoms with Gasteiger partial charge in [-0.2, -0.15) is 0 Å². The zero-order chi connectivity index (χ0) is 8.27. The zero-order valence-corrected chi connectivity index (χ0v) is 9.02. The largest absolute Gasteiger partial charge is 0.256 e. The van der Waals surface area contributed by atoms with Crippen molar-refractivity contribution < 1.29 is 0 Å². The monoisotopic (exact) mass is 273 g/mol. The average molecular weight is 275 g/mol. The van der Waals surface area contributed by atoms with Gasteiger partial charge in [0.25, 0.3) is 0 Å². The Morgan fingerprint density at radius 3 is 2.00 bits per heavy atom. The molecule has 1 aromatic rings. The van der Waals surface area contributed by atoms with Gasteiger partial charge in [-0.3, -0.25) is 4.98 Å². The first kappa shape index (κ1) is 9.26. The molecule has 0 aliphatic heterocycles. The molecular formula is C7H6BBr2N. The topological polar surface area (TPSA) is 12.9 Å². The van der Waals surface area contributed by atoms with Crippen LogP contribution in [0.25, 0.3) is 0 Å². The Hall–Kier alpha value is 0.175. The fourth-order valence-electron chi connectivity index (χ4n) is 0.812. The zero-order valence-electron chi connectivity index (χ0n) is 5.85. The molecule has 0 aliphatic rings. The Morgan fingerprint density at radius 2 is 1.64 bits per heavy atom. The van der Waals surface area contributed by atoms with Crippen LogP contribution in [0, 0.1) is 0 Å². The fraction of sp³-hybridized carbons (Fsp3) is 0.286. The molecule has 0 atom stereocenters. The maximum Gasteiger partial charge on any atom is 0.113 e. The molecule has 0 unspecified atom stereocenters. The van der Waals surface area contributed by atoms with Gasteiger partial charge in [0.2, 0.25) is 0 Å². The van der Waals surface area contributed by atoms with Gasteiger partial charge in [0, 0.05) is 10.7 Å². The highest BCUT2D eigenvalue weighted by Crippen LogP contribution is 2.04. The molecule has 0 saturated heterocycles. The van der Waals surface area contributed by atoms with E-state index in [1.807, 2.05) is 12.1 Å². The summed E-state index contributed by atoms with van der Waals surface area (Å²) in [6, 6.07) is 3.72. The van der Waals surface area contributed by atoms with Gasteiger partial charge in [-0.25, -0.2) is 0 Å². The van der Waals surface area contributed by atoms with Crippen LogP contribution in [-0.2, 0) is 10.7 Å². The molecule has 1 aromatic heterocycles. The minimum atomic E-state index is 0.748. The van der Waals surface area contributed by atoms with Gasteiger partial charge >= 0.3 is 0 Å². The Balaban J connectivity index is 3.02. The van der Waals surface area contributed by atoms with E-state index >= 15 is 0 Å². The third-order valence-electron chi connectivity index (χ3n) is 1.23. The molecule has 0 saturated carbocycles. The van der Waals surface area contributed by atoms with E-state index in [-0.39, 0.29) is 0 Å². The standard InChI is InChI=1S/C7H6BBr2N/c8-5-1-6(3-9)11-7(2-5)4-10/h1-2H,3-4H2. The van der Waals surface area contributed by atoms with Crippen LogP contribution in [0.3, 0.4) is 0 Å². The van der Waals surface area contributed by atoms with Crippen molar-refractivity contribution in [2.45, 2.75) is 10.7 Å². The van der Waals surface area contributed by atoms with Gasteiger partial charge in [0.1, 0.15) is 7.85 Å². The minimum Gasteiger partial charge on any atom is -0.256 e. The summed E-state index contributed by atoms with van der Waals surface area (Å²) < 4.78 is 0. The van der Waals surface area contributed by atoms with E-state index in [2.05, 4.69) is 36.8 Å². The normalized spacial score (nSPS) is 10.0. The first-order chi connectivity index (χ1) is 5.26. The fourth-order valence-corrected chi connectivity index (χ4v) is 1.39. The van der Waals surface area contributed by atoms with E-state index in [1.165, 1.54) is 0 Å². The van der Waals surface area contributed by atoms with Crippen LogP contribution < -0.4 is 5.46 Å². The van der Waals surface area contributed by atoms with Gasteiger partial charge < -0.3 is 0 Å². The highest BCUT2D eigenvalue weighted by atomic mass is 79.9. The van der Waals surface area contributed by atoms with Crippen LogP contribution >= 0.6 is 31.9 Å². The summed E-state index contributed by atoms with van der Waals surface area (Å²) in [6.07, 6.45) is 0. The second-order valence-corrected chi connectivity index (χ2v) is 3.27. The number of aromatic nitrogens is 1. The quantitative estimate of drug-likeness (QED) is 0.591. The Morgan fingerprint density at radius 1 is 1.18 bits per heavy atom. The Kier molecular flexibility index (Phi) is 3.59. The lowest BCUT2D eigenvalue weighted by Gasteiger charge is -2.01. The van der Waals surface area contributed by atoms with Gasteiger partial charge in [0.05, 0.1) is 11.4 Å². The molecule has 4 heteroatoms. The van der Waals surface area contributed by atoms with E-state index in [9.17, 15) is 0 Å². The summed E-state index contributed by atoms with van der Waals surface area (Å²) in [5.74, 6) is 0. The maximum atomic E-state index is 5.63. The summed E-state index contributed by atoms with van der Waals surface area (Å²) in [6.45, 7) is 0. The van der Waals surface area contributed by atoms with Crippen molar-refractivity contribution in [3.8, 4) is 0 Å². The van der Waals surface area contributed by atoms with Gasteiger partial charge in [-0.1, -0.05) is 37.3 Å². The smallest absolute Gasteiger partial charge is 0.113 e. The Bertz CT molecular complexity index is 230. The molecule has 1 nitrogen and oxygen atoms in total. The van der Waals surface area contributed by atoms with E-state index in [1.54, 1.807) is 0 Å². The highest BCUT2D eigenvalue weighted by Gasteiger charge is 1.96. The number of hydrogen-bond donors (Lipinski definition) is 0. The van der Waals surface area contributed by atoms with Crippen LogP contribution in [-0.4, -0.2) is 12.8 Å². The third-order valence-corrected chi connectivity index (χ3v) is 2.38. The van der Waals surface area contributed by atoms with Crippen LogP contribution in [0.1, 0.15) is 11.4 Å². The number of halogens is 2. The number of alkyl halides is 2. The van der Waals surface area contributed by atoms with Gasteiger partial charge in [-0.15, -0.1) is 0 Å². The summed E-state index contributed by atoms with van der Waals surface area (Å²) in [5, 5.41) is 1.50. The van der Waals surface area contributed by atoms with Crippen molar-refractivity contribution in [2.24, 2.45) is 0 Å². The lowest BCUT2D eigenvalue weighted by molar-refractivity contribution is 1.11. The van der Waals surface area contributed by atoms with Gasteiger partial charge in [0.15, 0.2) is 0 Å². The maximum absolute atomic E-state index is 5.63. The third kappa shape index (κ3) is 2.60. The number of hydrogen-bond acceptors (Lipinski definition) is 1. The van der Waals surface area contributed by atoms with E-state index in [4.69, 9.17) is 7.85 Å². The molecule has 1 rings (SSSR count). The van der Waals surface area contributed by atoms with Crippen molar-refractivity contribution in [1.29, 1.82) is 0 Å². The van der Waals surface area contributed by atoms with Crippen molar-refractivity contribution in [3.63, 3.8) is 0 Å². The summed E-state index contributed by atoms with van der Waals surface area (Å²) >= 11 is 6.64. The summed E-state index contributed by atoms with van der Waals surface area (Å²) in [4.78, 5) is 4.30. The lowest BCUT2D eigenvalue weighted by atomic mass is 9.96. The molecular weight excluding hydrogens is 269 g/mol. The van der Waals surface area contributed by atoms with Crippen molar-refractivity contribution >= 4 is 45.2 Å². The van der Waals surface area contributed by atoms with Crippen LogP contribution in [0.15, 0.2) is 12.1 Å². The molecule has 0 amide bonds. The second kappa shape index (κ2) is 4.26. The molecule has 2 radical (unpaired) electrons. The molecule has 0 aliphatic carbocycles. The summed E-state index contributed by atoms with van der Waals surface area (Å²) in [7, 11) is 5.63. The highest BCUT2D eigenvalue weighted by molar-refractivity contribution is 9.08. The number of pyridine rings is 1. The molecule has 1 heterocycles. The molecule has 0 N–H and O–H groups in total. The molecule has 0 fully saturated rings. The predicted octanol–water partition coefficient (Wildman–Crippen LogP) is 1.67. The molecule has 0 bridgehead atoms. The molecule has 11 heavy (non-hydrogen) atoms. The van der Waals surface area contributed by atoms with Crippen molar-refractivity contribution in [2.75, 3.05) is 0 Å². The van der Waals surface area contributed by atoms with Crippen molar-refractivity contribution in [1.82, 2.24) is 4.98 Å². The van der Waals surface area contributed by atoms with Gasteiger partial charge in [-0.05, 0) is 12.1 Å².